The van der Waals surface area contributed by atoms with Crippen molar-refractivity contribution < 1.29 is 22.6 Å². The van der Waals surface area contributed by atoms with Gasteiger partial charge in [-0.3, -0.25) is 4.98 Å². The summed E-state index contributed by atoms with van der Waals surface area (Å²) < 4.78 is 54.8. The van der Waals surface area contributed by atoms with Crippen LogP contribution in [0.1, 0.15) is 57.2 Å². The second kappa shape index (κ2) is 12.8. The number of pyridine rings is 1. The number of halogens is 3. The van der Waals surface area contributed by atoms with Crippen molar-refractivity contribution in [2.24, 2.45) is 0 Å². The zero-order valence-corrected chi connectivity index (χ0v) is 25.0. The Kier molecular flexibility index (Phi) is 8.70. The molecule has 1 N–H and O–H groups in total. The largest absolute Gasteiger partial charge is 0.497 e. The number of rotatable bonds is 8. The van der Waals surface area contributed by atoms with E-state index in [4.69, 9.17) is 14.5 Å². The van der Waals surface area contributed by atoms with Gasteiger partial charge >= 0.3 is 6.18 Å². The quantitative estimate of drug-likeness (QED) is 0.274. The van der Waals surface area contributed by atoms with Crippen molar-refractivity contribution in [1.29, 1.82) is 0 Å². The lowest BCUT2D eigenvalue weighted by molar-refractivity contribution is -0.138. The molecule has 2 aromatic carbocycles. The van der Waals surface area contributed by atoms with Crippen LogP contribution in [-0.2, 0) is 31.9 Å². The Bertz CT molecular complexity index is 1590. The molecule has 0 amide bonds. The Hall–Kier alpha value is -4.18. The summed E-state index contributed by atoms with van der Waals surface area (Å²) in [6.45, 7) is 3.44. The second-order valence-corrected chi connectivity index (χ2v) is 11.4. The van der Waals surface area contributed by atoms with E-state index >= 15 is 0 Å². The third kappa shape index (κ3) is 6.50. The van der Waals surface area contributed by atoms with Gasteiger partial charge < -0.3 is 19.7 Å². The van der Waals surface area contributed by atoms with Crippen LogP contribution < -0.4 is 19.7 Å². The second-order valence-electron chi connectivity index (χ2n) is 11.4. The van der Waals surface area contributed by atoms with Gasteiger partial charge in [-0.15, -0.1) is 0 Å². The van der Waals surface area contributed by atoms with Crippen LogP contribution in [0.5, 0.6) is 11.5 Å². The molecule has 0 spiro atoms. The normalized spacial score (nSPS) is 16.8. The van der Waals surface area contributed by atoms with Gasteiger partial charge in [0.1, 0.15) is 23.6 Å². The van der Waals surface area contributed by atoms with Crippen LogP contribution >= 0.6 is 0 Å². The number of fused-ring (bicyclic) bond motifs is 1. The van der Waals surface area contributed by atoms with Crippen molar-refractivity contribution in [1.82, 2.24) is 20.3 Å². The Labute approximate surface area is 255 Å². The minimum atomic E-state index is -4.55. The number of hydrogen-bond donors (Lipinski definition) is 1. The molecular formula is C34H36F3N5O2. The first-order chi connectivity index (χ1) is 21.3. The maximum atomic E-state index is 14.8. The summed E-state index contributed by atoms with van der Waals surface area (Å²) in [4.78, 5) is 16.3. The Morgan fingerprint density at radius 2 is 1.52 bits per heavy atom. The van der Waals surface area contributed by atoms with E-state index in [0.717, 1.165) is 60.1 Å². The van der Waals surface area contributed by atoms with Crippen LogP contribution in [-0.4, -0.2) is 55.4 Å². The highest BCUT2D eigenvalue weighted by Crippen LogP contribution is 2.41. The van der Waals surface area contributed by atoms with Crippen molar-refractivity contribution in [3.63, 3.8) is 0 Å². The fourth-order valence-electron chi connectivity index (χ4n) is 6.26. The molecule has 1 aliphatic heterocycles. The van der Waals surface area contributed by atoms with E-state index in [9.17, 15) is 13.2 Å². The maximum Gasteiger partial charge on any atom is 0.418 e. The van der Waals surface area contributed by atoms with Gasteiger partial charge in [0.05, 0.1) is 25.5 Å². The molecular weight excluding hydrogens is 567 g/mol. The third-order valence-electron chi connectivity index (χ3n) is 8.61. The van der Waals surface area contributed by atoms with Gasteiger partial charge in [-0.25, -0.2) is 9.97 Å². The van der Waals surface area contributed by atoms with Crippen LogP contribution in [0.2, 0.25) is 0 Å². The number of nitrogens with zero attached hydrogens (tertiary/aromatic N) is 4. The predicted molar refractivity (Wildman–Crippen MR) is 163 cm³/mol. The van der Waals surface area contributed by atoms with Crippen LogP contribution in [0.3, 0.4) is 0 Å². The molecule has 3 heterocycles. The fourth-order valence-corrected chi connectivity index (χ4v) is 6.26. The molecule has 1 aliphatic carbocycles. The minimum absolute atomic E-state index is 0.104. The lowest BCUT2D eigenvalue weighted by atomic mass is 9.82. The van der Waals surface area contributed by atoms with Crippen molar-refractivity contribution in [3.8, 4) is 11.5 Å². The number of nitrogens with one attached hydrogen (secondary N) is 1. The predicted octanol–water partition coefficient (Wildman–Crippen LogP) is 5.77. The summed E-state index contributed by atoms with van der Waals surface area (Å²) in [6, 6.07) is 16.3. The van der Waals surface area contributed by atoms with E-state index < -0.39 is 17.7 Å². The summed E-state index contributed by atoms with van der Waals surface area (Å²) in [5.41, 5.74) is 4.34. The van der Waals surface area contributed by atoms with Crippen LogP contribution in [0.4, 0.5) is 19.0 Å². The van der Waals surface area contributed by atoms with Gasteiger partial charge in [-0.05, 0) is 72.7 Å². The van der Waals surface area contributed by atoms with Crippen molar-refractivity contribution in [2.45, 2.75) is 44.2 Å². The lowest BCUT2D eigenvalue weighted by Crippen LogP contribution is -2.44. The highest BCUT2D eigenvalue weighted by Gasteiger charge is 2.39. The minimum Gasteiger partial charge on any atom is -0.497 e. The fraction of sp³-hybridized carbons (Fsp3) is 0.382. The van der Waals surface area contributed by atoms with E-state index in [1.54, 1.807) is 20.5 Å². The zero-order valence-electron chi connectivity index (χ0n) is 25.0. The molecule has 0 radical (unpaired) electrons. The summed E-state index contributed by atoms with van der Waals surface area (Å²) in [5, 5.41) is 3.35. The first kappa shape index (κ1) is 29.9. The molecule has 0 bridgehead atoms. The standard InChI is InChI=1S/C34H36F3N5O2/c1-43-26-8-3-22(4-9-26)17-25-19-29(34(35,36)37)32(41-30(25)18-23-5-10-27(44-2)11-6-23)24-7-12-28-31(20-24)39-21-40-33(28)42-15-13-38-14-16-42/h3-6,8-11,19,21,24,38H,7,12-18,20H2,1-2H3. The van der Waals surface area contributed by atoms with E-state index in [0.29, 0.717) is 49.1 Å². The Balaban J connectivity index is 1.39. The molecule has 4 aromatic rings. The van der Waals surface area contributed by atoms with Gasteiger partial charge in [-0.2, -0.15) is 13.2 Å². The average molecular weight is 604 g/mol. The Morgan fingerprint density at radius 1 is 0.886 bits per heavy atom. The summed E-state index contributed by atoms with van der Waals surface area (Å²) in [7, 11) is 3.19. The van der Waals surface area contributed by atoms with Crippen LogP contribution in [0.15, 0.2) is 60.9 Å². The Morgan fingerprint density at radius 3 is 2.14 bits per heavy atom. The smallest absolute Gasteiger partial charge is 0.418 e. The molecule has 1 atom stereocenters. The SMILES string of the molecule is COc1ccc(Cc2cc(C(F)(F)F)c(C3CCc4c(ncnc4N4CCNCC4)C3)nc2Cc2ccc(OC)cc2)cc1. The average Bonchev–Trinajstić information content (AvgIpc) is 3.05. The molecule has 1 fully saturated rings. The zero-order chi connectivity index (χ0) is 30.7. The molecule has 0 saturated carbocycles. The lowest BCUT2D eigenvalue weighted by Gasteiger charge is -2.33. The van der Waals surface area contributed by atoms with Crippen molar-refractivity contribution >= 4 is 5.82 Å². The van der Waals surface area contributed by atoms with Crippen LogP contribution in [0, 0.1) is 0 Å². The van der Waals surface area contributed by atoms with Gasteiger partial charge in [0.15, 0.2) is 0 Å². The third-order valence-corrected chi connectivity index (χ3v) is 8.61. The van der Waals surface area contributed by atoms with Gasteiger partial charge in [0.25, 0.3) is 0 Å². The number of anilines is 1. The number of hydrogen-bond acceptors (Lipinski definition) is 7. The molecule has 44 heavy (non-hydrogen) atoms. The van der Waals surface area contributed by atoms with E-state index in [1.807, 2.05) is 48.5 Å². The number of ether oxygens (including phenoxy) is 2. The van der Waals surface area contributed by atoms with Gasteiger partial charge in [-0.1, -0.05) is 24.3 Å². The number of aromatic nitrogens is 3. The number of methoxy groups -OCH3 is 2. The van der Waals surface area contributed by atoms with Crippen molar-refractivity contribution in [3.05, 3.63) is 106 Å². The summed E-state index contributed by atoms with van der Waals surface area (Å²) >= 11 is 0. The highest BCUT2D eigenvalue weighted by atomic mass is 19.4. The molecule has 1 unspecified atom stereocenters. The first-order valence-corrected chi connectivity index (χ1v) is 15.0. The number of piperazine rings is 1. The first-order valence-electron chi connectivity index (χ1n) is 15.0. The van der Waals surface area contributed by atoms with E-state index in [2.05, 4.69) is 20.2 Å². The monoisotopic (exact) mass is 603 g/mol. The topological polar surface area (TPSA) is 72.4 Å². The summed E-state index contributed by atoms with van der Waals surface area (Å²) in [6.07, 6.45) is -0.722. The molecule has 1 saturated heterocycles. The molecule has 2 aromatic heterocycles. The van der Waals surface area contributed by atoms with Crippen molar-refractivity contribution in [2.75, 3.05) is 45.3 Å². The molecule has 7 nitrogen and oxygen atoms in total. The molecule has 2 aliphatic rings. The molecule has 10 heteroatoms. The van der Waals surface area contributed by atoms with E-state index in [-0.39, 0.29) is 5.69 Å². The number of benzene rings is 2. The molecule has 230 valence electrons. The van der Waals surface area contributed by atoms with Gasteiger partial charge in [0.2, 0.25) is 0 Å². The molecule has 6 rings (SSSR count). The summed E-state index contributed by atoms with van der Waals surface area (Å²) in [5.74, 6) is 1.91. The van der Waals surface area contributed by atoms with Crippen LogP contribution in [0.25, 0.3) is 0 Å². The van der Waals surface area contributed by atoms with Gasteiger partial charge in [0, 0.05) is 55.5 Å². The van der Waals surface area contributed by atoms with E-state index in [1.165, 1.54) is 6.07 Å². The highest BCUT2D eigenvalue weighted by molar-refractivity contribution is 5.51. The maximum absolute atomic E-state index is 14.8. The number of alkyl halides is 3.